The number of thiophene rings is 1. The molecule has 2 aromatic heterocycles. The number of nitrogens with one attached hydrogen (secondary N) is 1. The standard InChI is InChI=1S/C21H26N4OS/c1-14-7-8-15-16(12-22)21(27-19(15)11-14)23-20(26)13-25-10-4-6-18(25)17-5-3-9-24(17)2/h3,5,9,14,18H,4,6-8,10-11,13H2,1-2H3,(H,23,26)/t14-,18+/m0/s1. The molecule has 3 heterocycles. The Bertz CT molecular complexity index is 891. The highest BCUT2D eigenvalue weighted by Gasteiger charge is 2.30. The second kappa shape index (κ2) is 7.49. The van der Waals surface area contributed by atoms with Crippen LogP contribution < -0.4 is 5.32 Å². The third kappa shape index (κ3) is 3.54. The molecule has 1 fully saturated rings. The van der Waals surface area contributed by atoms with Crippen LogP contribution in [0.1, 0.15) is 53.9 Å². The molecule has 6 heteroatoms. The topological polar surface area (TPSA) is 61.1 Å². The van der Waals surface area contributed by atoms with E-state index < -0.39 is 0 Å². The van der Waals surface area contributed by atoms with E-state index in [-0.39, 0.29) is 5.91 Å². The van der Waals surface area contributed by atoms with Crippen LogP contribution in [0.2, 0.25) is 0 Å². The monoisotopic (exact) mass is 382 g/mol. The molecule has 2 aliphatic rings. The van der Waals surface area contributed by atoms with Gasteiger partial charge >= 0.3 is 0 Å². The van der Waals surface area contributed by atoms with Crippen molar-refractivity contribution in [2.45, 2.75) is 45.1 Å². The minimum atomic E-state index is -0.0146. The lowest BCUT2D eigenvalue weighted by atomic mass is 9.89. The molecule has 27 heavy (non-hydrogen) atoms. The Morgan fingerprint density at radius 1 is 1.44 bits per heavy atom. The van der Waals surface area contributed by atoms with Crippen molar-refractivity contribution in [2.24, 2.45) is 13.0 Å². The van der Waals surface area contributed by atoms with E-state index >= 15 is 0 Å². The smallest absolute Gasteiger partial charge is 0.239 e. The van der Waals surface area contributed by atoms with Crippen LogP contribution >= 0.6 is 11.3 Å². The third-order valence-corrected chi connectivity index (χ3v) is 7.08. The Morgan fingerprint density at radius 3 is 3.04 bits per heavy atom. The Morgan fingerprint density at radius 2 is 2.30 bits per heavy atom. The lowest BCUT2D eigenvalue weighted by Crippen LogP contribution is -2.33. The average Bonchev–Trinajstić information content (AvgIpc) is 3.32. The molecule has 1 N–H and O–H groups in total. The van der Waals surface area contributed by atoms with Gasteiger partial charge in [-0.05, 0) is 62.3 Å². The van der Waals surface area contributed by atoms with Crippen molar-refractivity contribution < 1.29 is 4.79 Å². The number of carbonyl (C=O) groups excluding carboxylic acids is 1. The van der Waals surface area contributed by atoms with E-state index in [9.17, 15) is 10.1 Å². The van der Waals surface area contributed by atoms with Gasteiger partial charge in [-0.15, -0.1) is 11.3 Å². The number of aryl methyl sites for hydroxylation is 1. The van der Waals surface area contributed by atoms with E-state index in [1.165, 1.54) is 16.1 Å². The minimum absolute atomic E-state index is 0.0146. The average molecular weight is 383 g/mol. The van der Waals surface area contributed by atoms with Crippen LogP contribution in [-0.4, -0.2) is 28.5 Å². The zero-order valence-corrected chi connectivity index (χ0v) is 16.8. The molecule has 1 aliphatic heterocycles. The SMILES string of the molecule is C[C@H]1CCc2c(sc(NC(=O)CN3CCC[C@@H]3c3cccn3C)c2C#N)C1. The molecular weight excluding hydrogens is 356 g/mol. The summed E-state index contributed by atoms with van der Waals surface area (Å²) in [6.07, 6.45) is 7.34. The van der Waals surface area contributed by atoms with Crippen LogP contribution in [0.25, 0.3) is 0 Å². The van der Waals surface area contributed by atoms with E-state index in [0.29, 0.717) is 24.1 Å². The highest BCUT2D eigenvalue weighted by molar-refractivity contribution is 7.16. The predicted molar refractivity (Wildman–Crippen MR) is 108 cm³/mol. The number of likely N-dealkylation sites (tertiary alicyclic amines) is 1. The van der Waals surface area contributed by atoms with Crippen molar-refractivity contribution in [3.8, 4) is 6.07 Å². The van der Waals surface area contributed by atoms with Gasteiger partial charge in [0.25, 0.3) is 0 Å². The number of hydrogen-bond donors (Lipinski definition) is 1. The molecule has 2 aromatic rings. The number of nitrogens with zero attached hydrogens (tertiary/aromatic N) is 3. The molecular formula is C21H26N4OS. The Kier molecular flexibility index (Phi) is 5.07. The van der Waals surface area contributed by atoms with Crippen molar-refractivity contribution in [2.75, 3.05) is 18.4 Å². The summed E-state index contributed by atoms with van der Waals surface area (Å²) in [7, 11) is 2.06. The minimum Gasteiger partial charge on any atom is -0.353 e. The lowest BCUT2D eigenvalue weighted by Gasteiger charge is -2.24. The van der Waals surface area contributed by atoms with Crippen molar-refractivity contribution in [1.29, 1.82) is 5.26 Å². The molecule has 0 saturated carbocycles. The van der Waals surface area contributed by atoms with Gasteiger partial charge in [0.2, 0.25) is 5.91 Å². The predicted octanol–water partition coefficient (Wildman–Crippen LogP) is 3.86. The summed E-state index contributed by atoms with van der Waals surface area (Å²) in [5.74, 6) is 0.640. The van der Waals surface area contributed by atoms with Crippen molar-refractivity contribution >= 4 is 22.2 Å². The van der Waals surface area contributed by atoms with Crippen LogP contribution in [0.15, 0.2) is 18.3 Å². The molecule has 1 saturated heterocycles. The van der Waals surface area contributed by atoms with E-state index in [1.54, 1.807) is 11.3 Å². The summed E-state index contributed by atoms with van der Waals surface area (Å²) in [4.78, 5) is 16.3. The molecule has 0 aromatic carbocycles. The molecule has 0 bridgehead atoms. The maximum atomic E-state index is 12.8. The Hall–Kier alpha value is -2.10. The van der Waals surface area contributed by atoms with Crippen LogP contribution in [-0.2, 0) is 24.7 Å². The molecule has 4 rings (SSSR count). The lowest BCUT2D eigenvalue weighted by molar-refractivity contribution is -0.117. The number of amides is 1. The molecule has 0 spiro atoms. The van der Waals surface area contributed by atoms with Gasteiger partial charge in [0.05, 0.1) is 18.2 Å². The van der Waals surface area contributed by atoms with Gasteiger partial charge in [0.1, 0.15) is 11.1 Å². The molecule has 2 atom stereocenters. The highest BCUT2D eigenvalue weighted by atomic mass is 32.1. The van der Waals surface area contributed by atoms with Crippen LogP contribution in [0, 0.1) is 17.2 Å². The number of nitriles is 1. The largest absolute Gasteiger partial charge is 0.353 e. The summed E-state index contributed by atoms with van der Waals surface area (Å²) in [6, 6.07) is 6.83. The number of carbonyl (C=O) groups is 1. The van der Waals surface area contributed by atoms with Crippen molar-refractivity contribution in [1.82, 2.24) is 9.47 Å². The highest BCUT2D eigenvalue weighted by Crippen LogP contribution is 2.39. The van der Waals surface area contributed by atoms with E-state index in [4.69, 9.17) is 0 Å². The van der Waals surface area contributed by atoms with Gasteiger partial charge in [0.15, 0.2) is 0 Å². The van der Waals surface area contributed by atoms with Crippen LogP contribution in [0.4, 0.5) is 5.00 Å². The summed E-state index contributed by atoms with van der Waals surface area (Å²) in [5.41, 5.74) is 3.12. The molecule has 142 valence electrons. The second-order valence-corrected chi connectivity index (χ2v) is 8.99. The van der Waals surface area contributed by atoms with E-state index in [1.807, 2.05) is 0 Å². The quantitative estimate of drug-likeness (QED) is 0.873. The summed E-state index contributed by atoms with van der Waals surface area (Å²) in [6.45, 7) is 3.57. The number of rotatable bonds is 4. The summed E-state index contributed by atoms with van der Waals surface area (Å²) < 4.78 is 2.14. The van der Waals surface area contributed by atoms with Crippen molar-refractivity contribution in [3.63, 3.8) is 0 Å². The molecule has 0 unspecified atom stereocenters. The number of anilines is 1. The Balaban J connectivity index is 1.47. The molecule has 0 radical (unpaired) electrons. The zero-order valence-electron chi connectivity index (χ0n) is 16.0. The fraction of sp³-hybridized carbons (Fsp3) is 0.524. The molecule has 1 amide bonds. The first-order valence-electron chi connectivity index (χ1n) is 9.76. The molecule has 1 aliphatic carbocycles. The molecule has 5 nitrogen and oxygen atoms in total. The third-order valence-electron chi connectivity index (χ3n) is 5.91. The first kappa shape index (κ1) is 18.3. The Labute approximate surface area is 164 Å². The van der Waals surface area contributed by atoms with Gasteiger partial charge in [-0.1, -0.05) is 6.92 Å². The zero-order chi connectivity index (χ0) is 19.0. The van der Waals surface area contributed by atoms with Gasteiger partial charge in [-0.25, -0.2) is 0 Å². The number of hydrogen-bond acceptors (Lipinski definition) is 4. The number of fused-ring (bicyclic) bond motifs is 1. The first-order chi connectivity index (χ1) is 13.1. The fourth-order valence-electron chi connectivity index (χ4n) is 4.48. The second-order valence-electron chi connectivity index (χ2n) is 7.89. The normalized spacial score (nSPS) is 22.4. The first-order valence-corrected chi connectivity index (χ1v) is 10.6. The van der Waals surface area contributed by atoms with Crippen LogP contribution in [0.3, 0.4) is 0 Å². The van der Waals surface area contributed by atoms with Gasteiger partial charge < -0.3 is 9.88 Å². The van der Waals surface area contributed by atoms with Crippen LogP contribution in [0.5, 0.6) is 0 Å². The van der Waals surface area contributed by atoms with Crippen molar-refractivity contribution in [3.05, 3.63) is 40.0 Å². The van der Waals surface area contributed by atoms with Gasteiger partial charge in [-0.3, -0.25) is 9.69 Å². The summed E-state index contributed by atoms with van der Waals surface area (Å²) >= 11 is 1.60. The number of aromatic nitrogens is 1. The van der Waals surface area contributed by atoms with Gasteiger partial charge in [-0.2, -0.15) is 5.26 Å². The van der Waals surface area contributed by atoms with E-state index in [0.717, 1.165) is 43.6 Å². The van der Waals surface area contributed by atoms with Gasteiger partial charge in [0, 0.05) is 23.8 Å². The maximum absolute atomic E-state index is 12.8. The van der Waals surface area contributed by atoms with E-state index in [2.05, 4.69) is 53.2 Å². The fourth-order valence-corrected chi connectivity index (χ4v) is 5.86. The summed E-state index contributed by atoms with van der Waals surface area (Å²) in [5, 5.41) is 13.4. The maximum Gasteiger partial charge on any atom is 0.239 e.